The van der Waals surface area contributed by atoms with Gasteiger partial charge in [-0.2, -0.15) is 0 Å². The molecule has 2 rings (SSSR count). The van der Waals surface area contributed by atoms with Crippen LogP contribution in [0.3, 0.4) is 0 Å². The number of hydrogen-bond acceptors (Lipinski definition) is 4. The van der Waals surface area contributed by atoms with Crippen molar-refractivity contribution in [3.63, 3.8) is 0 Å². The Morgan fingerprint density at radius 1 is 1.18 bits per heavy atom. The minimum Gasteiger partial charge on any atom is -0.496 e. The Hall–Kier alpha value is -2.43. The maximum Gasteiger partial charge on any atom is 0.246 e. The summed E-state index contributed by atoms with van der Waals surface area (Å²) in [5.74, 6) is 2.03. The molecule has 22 heavy (non-hydrogen) atoms. The lowest BCUT2D eigenvalue weighted by molar-refractivity contribution is -0.125. The van der Waals surface area contributed by atoms with E-state index < -0.39 is 0 Å². The smallest absolute Gasteiger partial charge is 0.246 e. The Morgan fingerprint density at radius 3 is 2.23 bits per heavy atom. The van der Waals surface area contributed by atoms with Crippen molar-refractivity contribution in [1.29, 1.82) is 0 Å². The van der Waals surface area contributed by atoms with Crippen LogP contribution in [0.2, 0.25) is 0 Å². The van der Waals surface area contributed by atoms with E-state index in [9.17, 15) is 4.79 Å². The van der Waals surface area contributed by atoms with Gasteiger partial charge in [-0.05, 0) is 18.1 Å². The number of hydrogen-bond donors (Lipinski definition) is 0. The number of amides is 1. The number of ether oxygens (including phenoxy) is 3. The lowest BCUT2D eigenvalue weighted by Gasteiger charge is -2.27. The maximum atomic E-state index is 11.7. The number of rotatable bonds is 5. The molecule has 0 unspecified atom stereocenters. The first kappa shape index (κ1) is 15.9. The first-order valence-electron chi connectivity index (χ1n) is 7.05. The molecular formula is C17H21NO4. The van der Waals surface area contributed by atoms with Crippen molar-refractivity contribution in [3.8, 4) is 17.2 Å². The molecular weight excluding hydrogens is 282 g/mol. The summed E-state index contributed by atoms with van der Waals surface area (Å²) in [5.41, 5.74) is 2.01. The molecule has 1 aliphatic rings. The molecule has 0 saturated heterocycles. The van der Waals surface area contributed by atoms with Crippen LogP contribution >= 0.6 is 0 Å². The standard InChI is InChI=1S/C17H21NO4/c1-5-16(19)18-8-6-12(7-9-18)17-14(21-3)10-13(20-2)11-15(17)22-4/h5-6,10-11H,1,7-9H2,2-4H3. The second kappa shape index (κ2) is 7.02. The highest BCUT2D eigenvalue weighted by Gasteiger charge is 2.21. The third kappa shape index (κ3) is 3.08. The molecule has 0 aromatic heterocycles. The second-order valence-electron chi connectivity index (χ2n) is 4.87. The van der Waals surface area contributed by atoms with Crippen molar-refractivity contribution in [2.75, 3.05) is 34.4 Å². The third-order valence-electron chi connectivity index (χ3n) is 3.73. The molecule has 1 aromatic rings. The summed E-state index contributed by atoms with van der Waals surface area (Å²) in [4.78, 5) is 13.4. The number of benzene rings is 1. The average Bonchev–Trinajstić information content (AvgIpc) is 2.59. The molecule has 0 aliphatic carbocycles. The monoisotopic (exact) mass is 303 g/mol. The molecule has 1 amide bonds. The first-order valence-corrected chi connectivity index (χ1v) is 7.05. The van der Waals surface area contributed by atoms with Gasteiger partial charge in [0.05, 0.1) is 26.9 Å². The summed E-state index contributed by atoms with van der Waals surface area (Å²) in [6.45, 7) is 4.72. The van der Waals surface area contributed by atoms with Crippen LogP contribution in [0, 0.1) is 0 Å². The summed E-state index contributed by atoms with van der Waals surface area (Å²) in [5, 5.41) is 0. The van der Waals surface area contributed by atoms with Gasteiger partial charge in [-0.25, -0.2) is 0 Å². The quantitative estimate of drug-likeness (QED) is 0.784. The minimum atomic E-state index is -0.0519. The lowest BCUT2D eigenvalue weighted by Crippen LogP contribution is -2.33. The molecule has 0 atom stereocenters. The molecule has 1 heterocycles. The number of carbonyl (C=O) groups is 1. The molecule has 0 spiro atoms. The zero-order valence-corrected chi connectivity index (χ0v) is 13.2. The van der Waals surface area contributed by atoms with E-state index in [0.29, 0.717) is 30.3 Å². The number of nitrogens with zero attached hydrogens (tertiary/aromatic N) is 1. The highest BCUT2D eigenvalue weighted by molar-refractivity contribution is 5.88. The van der Waals surface area contributed by atoms with Crippen LogP contribution in [0.5, 0.6) is 17.2 Å². The average molecular weight is 303 g/mol. The molecule has 118 valence electrons. The predicted molar refractivity (Wildman–Crippen MR) is 85.5 cm³/mol. The van der Waals surface area contributed by atoms with Crippen LogP contribution in [0.4, 0.5) is 0 Å². The van der Waals surface area contributed by atoms with E-state index in [1.165, 1.54) is 6.08 Å². The van der Waals surface area contributed by atoms with E-state index in [0.717, 1.165) is 17.6 Å². The van der Waals surface area contributed by atoms with Crippen molar-refractivity contribution in [2.45, 2.75) is 6.42 Å². The van der Waals surface area contributed by atoms with Gasteiger partial charge in [0.2, 0.25) is 5.91 Å². The Balaban J connectivity index is 2.38. The van der Waals surface area contributed by atoms with Gasteiger partial charge in [-0.1, -0.05) is 12.7 Å². The fourth-order valence-corrected chi connectivity index (χ4v) is 2.55. The Labute approximate surface area is 130 Å². The molecule has 0 N–H and O–H groups in total. The summed E-state index contributed by atoms with van der Waals surface area (Å²) in [7, 11) is 4.84. The number of methoxy groups -OCH3 is 3. The van der Waals surface area contributed by atoms with Gasteiger partial charge in [0.25, 0.3) is 0 Å². The molecule has 5 nitrogen and oxygen atoms in total. The summed E-state index contributed by atoms with van der Waals surface area (Å²) >= 11 is 0. The summed E-state index contributed by atoms with van der Waals surface area (Å²) in [6.07, 6.45) is 4.10. The molecule has 0 radical (unpaired) electrons. The largest absolute Gasteiger partial charge is 0.496 e. The fourth-order valence-electron chi connectivity index (χ4n) is 2.55. The summed E-state index contributed by atoms with van der Waals surface area (Å²) < 4.78 is 16.2. The van der Waals surface area contributed by atoms with E-state index in [1.807, 2.05) is 18.2 Å². The summed E-state index contributed by atoms with van der Waals surface area (Å²) in [6, 6.07) is 3.67. The maximum absolute atomic E-state index is 11.7. The van der Waals surface area contributed by atoms with Crippen LogP contribution in [0.25, 0.3) is 5.57 Å². The highest BCUT2D eigenvalue weighted by atomic mass is 16.5. The fraction of sp³-hybridized carbons (Fsp3) is 0.353. The molecule has 1 aromatic carbocycles. The van der Waals surface area contributed by atoms with Gasteiger partial charge in [-0.3, -0.25) is 4.79 Å². The SMILES string of the molecule is C=CC(=O)N1CC=C(c2c(OC)cc(OC)cc2OC)CC1. The van der Waals surface area contributed by atoms with Crippen LogP contribution in [0.15, 0.2) is 30.9 Å². The van der Waals surface area contributed by atoms with Crippen molar-refractivity contribution < 1.29 is 19.0 Å². The normalized spacial score (nSPS) is 14.1. The minimum absolute atomic E-state index is 0.0519. The van der Waals surface area contributed by atoms with E-state index >= 15 is 0 Å². The van der Waals surface area contributed by atoms with Crippen molar-refractivity contribution in [3.05, 3.63) is 36.4 Å². The molecule has 5 heteroatoms. The predicted octanol–water partition coefficient (Wildman–Crippen LogP) is 2.51. The van der Waals surface area contributed by atoms with E-state index in [-0.39, 0.29) is 5.91 Å². The highest BCUT2D eigenvalue weighted by Crippen LogP contribution is 2.40. The zero-order chi connectivity index (χ0) is 16.1. The van der Waals surface area contributed by atoms with Gasteiger partial charge >= 0.3 is 0 Å². The van der Waals surface area contributed by atoms with Gasteiger partial charge < -0.3 is 19.1 Å². The van der Waals surface area contributed by atoms with Crippen molar-refractivity contribution in [2.24, 2.45) is 0 Å². The second-order valence-corrected chi connectivity index (χ2v) is 4.87. The molecule has 0 bridgehead atoms. The van der Waals surface area contributed by atoms with Crippen LogP contribution in [0.1, 0.15) is 12.0 Å². The first-order chi connectivity index (χ1) is 10.6. The molecule has 0 fully saturated rings. The number of carbonyl (C=O) groups excluding carboxylic acids is 1. The molecule has 0 saturated carbocycles. The van der Waals surface area contributed by atoms with Crippen molar-refractivity contribution in [1.82, 2.24) is 4.90 Å². The van der Waals surface area contributed by atoms with Crippen LogP contribution in [-0.2, 0) is 4.79 Å². The Kier molecular flexibility index (Phi) is 5.09. The third-order valence-corrected chi connectivity index (χ3v) is 3.73. The van der Waals surface area contributed by atoms with E-state index in [2.05, 4.69) is 6.58 Å². The molecule has 1 aliphatic heterocycles. The van der Waals surface area contributed by atoms with Crippen LogP contribution in [-0.4, -0.2) is 45.2 Å². The van der Waals surface area contributed by atoms with Gasteiger partial charge in [0.15, 0.2) is 0 Å². The van der Waals surface area contributed by atoms with Crippen LogP contribution < -0.4 is 14.2 Å². The Morgan fingerprint density at radius 2 is 1.82 bits per heavy atom. The van der Waals surface area contributed by atoms with Gasteiger partial charge in [0, 0.05) is 25.2 Å². The topological polar surface area (TPSA) is 48.0 Å². The Bertz CT molecular complexity index is 582. The van der Waals surface area contributed by atoms with E-state index in [1.54, 1.807) is 26.2 Å². The van der Waals surface area contributed by atoms with Gasteiger partial charge in [-0.15, -0.1) is 0 Å². The van der Waals surface area contributed by atoms with E-state index in [4.69, 9.17) is 14.2 Å². The zero-order valence-electron chi connectivity index (χ0n) is 13.2. The lowest BCUT2D eigenvalue weighted by atomic mass is 9.97. The van der Waals surface area contributed by atoms with Crippen molar-refractivity contribution >= 4 is 11.5 Å². The van der Waals surface area contributed by atoms with Gasteiger partial charge in [0.1, 0.15) is 17.2 Å².